The highest BCUT2D eigenvalue weighted by atomic mass is 32.1. The zero-order chi connectivity index (χ0) is 21.6. The van der Waals surface area contributed by atoms with Crippen molar-refractivity contribution in [2.75, 3.05) is 19.6 Å². The van der Waals surface area contributed by atoms with Gasteiger partial charge in [-0.05, 0) is 78.3 Å². The number of rotatable bonds is 3. The van der Waals surface area contributed by atoms with Crippen LogP contribution in [0.15, 0.2) is 5.38 Å². The monoisotopic (exact) mass is 435 g/mol. The zero-order valence-corrected chi connectivity index (χ0v) is 19.5. The lowest BCUT2D eigenvalue weighted by atomic mass is 9.78. The van der Waals surface area contributed by atoms with E-state index >= 15 is 0 Å². The fourth-order valence-electron chi connectivity index (χ4n) is 4.81. The molecule has 1 amide bonds. The largest absolute Gasteiger partial charge is 0.462 e. The van der Waals surface area contributed by atoms with Gasteiger partial charge in [-0.3, -0.25) is 9.59 Å². The molecule has 1 aliphatic carbocycles. The van der Waals surface area contributed by atoms with Gasteiger partial charge < -0.3 is 15.0 Å². The molecule has 1 aromatic rings. The molecule has 0 spiro atoms. The van der Waals surface area contributed by atoms with Crippen molar-refractivity contribution in [1.82, 2.24) is 15.2 Å². The maximum absolute atomic E-state index is 13.0. The van der Waals surface area contributed by atoms with Gasteiger partial charge in [0.05, 0.1) is 5.01 Å². The molecule has 2 atom stereocenters. The lowest BCUT2D eigenvalue weighted by Gasteiger charge is -2.43. The molecular weight excluding hydrogens is 398 g/mol. The van der Waals surface area contributed by atoms with Crippen LogP contribution in [0.5, 0.6) is 0 Å². The van der Waals surface area contributed by atoms with Gasteiger partial charge in [0, 0.05) is 23.9 Å². The van der Waals surface area contributed by atoms with E-state index in [1.165, 1.54) is 37.1 Å². The van der Waals surface area contributed by atoms with Crippen LogP contribution < -0.4 is 5.32 Å². The number of hydrogen-bond donors (Lipinski definition) is 1. The Labute approximate surface area is 184 Å². The molecule has 1 aromatic heterocycles. The first kappa shape index (κ1) is 23.2. The maximum atomic E-state index is 13.0. The SMILES string of the molecule is CC(C)(C)OC=O.O=C(c1csc(C2CCNCC2)n1)N1CCCC2CCCCC21. The minimum atomic E-state index is -0.318. The highest BCUT2D eigenvalue weighted by Gasteiger charge is 2.36. The van der Waals surface area contributed by atoms with Crippen LogP contribution in [-0.2, 0) is 9.53 Å². The number of piperidine rings is 2. The molecular formula is C23H37N3O3S. The van der Waals surface area contributed by atoms with Gasteiger partial charge in [-0.25, -0.2) is 4.98 Å². The standard InChI is InChI=1S/C18H27N3OS.C5H10O2/c22-18(21-11-3-5-13-4-1-2-6-16(13)21)15-12-23-17(20-15)14-7-9-19-10-8-14;1-5(2,3)7-4-6/h12-14,16,19H,1-11H2;4H,1-3H3. The third kappa shape index (κ3) is 6.27. The minimum Gasteiger partial charge on any atom is -0.462 e. The lowest BCUT2D eigenvalue weighted by Crippen LogP contribution is -2.49. The summed E-state index contributed by atoms with van der Waals surface area (Å²) < 4.78 is 4.55. The number of thiazole rings is 1. The fourth-order valence-corrected chi connectivity index (χ4v) is 5.78. The number of carbonyl (C=O) groups excluding carboxylic acids is 2. The van der Waals surface area contributed by atoms with E-state index in [2.05, 4.69) is 15.0 Å². The van der Waals surface area contributed by atoms with Crippen molar-refractivity contribution in [3.05, 3.63) is 16.1 Å². The van der Waals surface area contributed by atoms with E-state index in [1.807, 2.05) is 26.2 Å². The second kappa shape index (κ2) is 10.7. The van der Waals surface area contributed by atoms with Crippen molar-refractivity contribution < 1.29 is 14.3 Å². The zero-order valence-electron chi connectivity index (χ0n) is 18.7. The topological polar surface area (TPSA) is 71.5 Å². The first-order valence-electron chi connectivity index (χ1n) is 11.5. The molecule has 3 aliphatic rings. The van der Waals surface area contributed by atoms with Gasteiger partial charge in [-0.15, -0.1) is 11.3 Å². The van der Waals surface area contributed by atoms with Crippen LogP contribution in [0, 0.1) is 5.92 Å². The van der Waals surface area contributed by atoms with Crippen LogP contribution in [0.4, 0.5) is 0 Å². The number of likely N-dealkylation sites (tertiary alicyclic amines) is 1. The van der Waals surface area contributed by atoms with E-state index in [0.29, 0.717) is 24.1 Å². The third-order valence-electron chi connectivity index (χ3n) is 6.34. The number of fused-ring (bicyclic) bond motifs is 1. The Morgan fingerprint density at radius 2 is 1.87 bits per heavy atom. The molecule has 168 valence electrons. The van der Waals surface area contributed by atoms with E-state index < -0.39 is 0 Å². The average Bonchev–Trinajstić information content (AvgIpc) is 3.23. The van der Waals surface area contributed by atoms with Crippen molar-refractivity contribution in [2.45, 2.75) is 89.7 Å². The molecule has 0 bridgehead atoms. The Morgan fingerprint density at radius 3 is 2.53 bits per heavy atom. The Morgan fingerprint density at radius 1 is 1.17 bits per heavy atom. The number of amides is 1. The van der Waals surface area contributed by atoms with Crippen molar-refractivity contribution >= 4 is 23.7 Å². The third-order valence-corrected chi connectivity index (χ3v) is 7.34. The molecule has 0 aromatic carbocycles. The molecule has 0 radical (unpaired) electrons. The van der Waals surface area contributed by atoms with E-state index in [9.17, 15) is 9.59 Å². The number of ether oxygens (including phenoxy) is 1. The van der Waals surface area contributed by atoms with Gasteiger partial charge >= 0.3 is 0 Å². The van der Waals surface area contributed by atoms with Crippen molar-refractivity contribution in [3.8, 4) is 0 Å². The predicted molar refractivity (Wildman–Crippen MR) is 120 cm³/mol. The summed E-state index contributed by atoms with van der Waals surface area (Å²) in [5.74, 6) is 1.48. The second-order valence-electron chi connectivity index (χ2n) is 9.67. The molecule has 2 saturated heterocycles. The van der Waals surface area contributed by atoms with Gasteiger partial charge in [-0.1, -0.05) is 12.8 Å². The first-order chi connectivity index (χ1) is 14.4. The smallest absolute Gasteiger partial charge is 0.293 e. The van der Waals surface area contributed by atoms with Gasteiger partial charge in [-0.2, -0.15) is 0 Å². The Bertz CT molecular complexity index is 692. The summed E-state index contributed by atoms with van der Waals surface area (Å²) in [5.41, 5.74) is 0.386. The van der Waals surface area contributed by atoms with Gasteiger partial charge in [0.15, 0.2) is 0 Å². The molecule has 3 heterocycles. The Balaban J connectivity index is 0.000000318. The van der Waals surface area contributed by atoms with E-state index in [4.69, 9.17) is 4.98 Å². The van der Waals surface area contributed by atoms with E-state index in [1.54, 1.807) is 11.3 Å². The Hall–Kier alpha value is -1.47. The normalized spacial score (nSPS) is 25.0. The number of aromatic nitrogens is 1. The van der Waals surface area contributed by atoms with Gasteiger partial charge in [0.2, 0.25) is 0 Å². The molecule has 30 heavy (non-hydrogen) atoms. The molecule has 4 rings (SSSR count). The summed E-state index contributed by atoms with van der Waals surface area (Å²) in [6.45, 7) is 9.00. The molecule has 2 aliphatic heterocycles. The van der Waals surface area contributed by atoms with Gasteiger partial charge in [0.1, 0.15) is 11.3 Å². The quantitative estimate of drug-likeness (QED) is 0.714. The summed E-state index contributed by atoms with van der Waals surface area (Å²) >= 11 is 1.69. The number of nitrogens with zero attached hydrogens (tertiary/aromatic N) is 2. The van der Waals surface area contributed by atoms with Crippen molar-refractivity contribution in [3.63, 3.8) is 0 Å². The number of nitrogens with one attached hydrogen (secondary N) is 1. The Kier molecular flexibility index (Phi) is 8.28. The minimum absolute atomic E-state index is 0.193. The van der Waals surface area contributed by atoms with Crippen LogP contribution in [0.3, 0.4) is 0 Å². The van der Waals surface area contributed by atoms with Crippen LogP contribution >= 0.6 is 11.3 Å². The van der Waals surface area contributed by atoms with Crippen LogP contribution in [0.2, 0.25) is 0 Å². The summed E-state index contributed by atoms with van der Waals surface area (Å²) in [4.78, 5) is 29.5. The molecule has 1 saturated carbocycles. The average molecular weight is 436 g/mol. The maximum Gasteiger partial charge on any atom is 0.293 e. The highest BCUT2D eigenvalue weighted by molar-refractivity contribution is 7.09. The molecule has 3 fully saturated rings. The summed E-state index contributed by atoms with van der Waals surface area (Å²) in [7, 11) is 0. The number of carbonyl (C=O) groups is 2. The molecule has 1 N–H and O–H groups in total. The summed E-state index contributed by atoms with van der Waals surface area (Å²) in [6, 6.07) is 0.481. The number of hydrogen-bond acceptors (Lipinski definition) is 6. The molecule has 7 heteroatoms. The van der Waals surface area contributed by atoms with Crippen LogP contribution in [-0.4, -0.2) is 53.5 Å². The molecule has 6 nitrogen and oxygen atoms in total. The van der Waals surface area contributed by atoms with E-state index in [0.717, 1.165) is 44.8 Å². The van der Waals surface area contributed by atoms with Gasteiger partial charge in [0.25, 0.3) is 12.4 Å². The first-order valence-corrected chi connectivity index (χ1v) is 12.4. The fraction of sp³-hybridized carbons (Fsp3) is 0.783. The highest BCUT2D eigenvalue weighted by Crippen LogP contribution is 2.36. The van der Waals surface area contributed by atoms with Crippen molar-refractivity contribution in [1.29, 1.82) is 0 Å². The second-order valence-corrected chi connectivity index (χ2v) is 10.6. The molecule has 2 unspecified atom stereocenters. The predicted octanol–water partition coefficient (Wildman–Crippen LogP) is 4.36. The van der Waals surface area contributed by atoms with Crippen LogP contribution in [0.25, 0.3) is 0 Å². The summed E-state index contributed by atoms with van der Waals surface area (Å²) in [6.07, 6.45) is 9.91. The van der Waals surface area contributed by atoms with Crippen LogP contribution in [0.1, 0.15) is 93.6 Å². The van der Waals surface area contributed by atoms with E-state index in [-0.39, 0.29) is 11.5 Å². The summed E-state index contributed by atoms with van der Waals surface area (Å²) in [5, 5.41) is 6.58. The lowest BCUT2D eigenvalue weighted by molar-refractivity contribution is -0.138. The van der Waals surface area contributed by atoms with Crippen molar-refractivity contribution in [2.24, 2.45) is 5.92 Å².